The Bertz CT molecular complexity index is 1570. The fraction of sp³-hybridized carbons (Fsp3) is 0.161. The average molecular weight is 538 g/mol. The Balaban J connectivity index is 1.31. The van der Waals surface area contributed by atoms with Gasteiger partial charge in [0.25, 0.3) is 11.8 Å². The number of aryl methyl sites for hydroxylation is 2. The minimum absolute atomic E-state index is 0.149. The number of fused-ring (bicyclic) bond motifs is 1. The minimum Gasteiger partial charge on any atom is -0.322 e. The maximum absolute atomic E-state index is 13.5. The van der Waals surface area contributed by atoms with E-state index in [1.54, 1.807) is 47.4 Å². The number of anilines is 2. The van der Waals surface area contributed by atoms with E-state index in [0.717, 1.165) is 21.7 Å². The molecule has 0 aliphatic carbocycles. The topological polar surface area (TPSA) is 88.1 Å². The number of hydrogen-bond donors (Lipinski definition) is 1. The molecule has 1 aliphatic heterocycles. The van der Waals surface area contributed by atoms with E-state index in [1.807, 2.05) is 55.6 Å². The molecule has 2 amide bonds. The Morgan fingerprint density at radius 1 is 0.872 bits per heavy atom. The van der Waals surface area contributed by atoms with Gasteiger partial charge in [-0.1, -0.05) is 41.6 Å². The largest absolute Gasteiger partial charge is 0.366 e. The Hall–Kier alpha value is -4.56. The minimum atomic E-state index is -0.509. The van der Waals surface area contributed by atoms with E-state index in [9.17, 15) is 14.4 Å². The first-order valence-electron chi connectivity index (χ1n) is 12.6. The van der Waals surface area contributed by atoms with Crippen molar-refractivity contribution >= 4 is 46.2 Å². The van der Waals surface area contributed by atoms with E-state index in [1.165, 1.54) is 11.3 Å². The van der Waals surface area contributed by atoms with Gasteiger partial charge in [0.2, 0.25) is 0 Å². The molecule has 3 aromatic carbocycles. The summed E-state index contributed by atoms with van der Waals surface area (Å²) in [4.78, 5) is 46.6. The zero-order valence-corrected chi connectivity index (χ0v) is 22.5. The number of nitrogens with zero attached hydrogens (tertiary/aromatic N) is 2. The highest BCUT2D eigenvalue weighted by molar-refractivity contribution is 7.12. The van der Waals surface area contributed by atoms with Gasteiger partial charge in [0.15, 0.2) is 0 Å². The summed E-state index contributed by atoms with van der Waals surface area (Å²) in [6.45, 7) is 4.24. The van der Waals surface area contributed by atoms with Gasteiger partial charge in [-0.2, -0.15) is 0 Å². The lowest BCUT2D eigenvalue weighted by atomic mass is 10.1. The quantitative estimate of drug-likeness (QED) is 0.229. The first kappa shape index (κ1) is 26.1. The van der Waals surface area contributed by atoms with Crippen molar-refractivity contribution in [3.05, 3.63) is 117 Å². The molecule has 0 radical (unpaired) electrons. The summed E-state index contributed by atoms with van der Waals surface area (Å²) in [6.07, 6.45) is 1.24. The second-order valence-electron chi connectivity index (χ2n) is 9.27. The van der Waals surface area contributed by atoms with E-state index in [2.05, 4.69) is 10.5 Å². The van der Waals surface area contributed by atoms with Crippen LogP contribution in [-0.2, 0) is 4.84 Å². The maximum atomic E-state index is 13.5. The first-order valence-corrected chi connectivity index (χ1v) is 13.5. The summed E-state index contributed by atoms with van der Waals surface area (Å²) in [7, 11) is 0. The van der Waals surface area contributed by atoms with Crippen LogP contribution < -0.4 is 10.2 Å². The van der Waals surface area contributed by atoms with Gasteiger partial charge < -0.3 is 15.1 Å². The van der Waals surface area contributed by atoms with Crippen molar-refractivity contribution in [1.82, 2.24) is 0 Å². The van der Waals surface area contributed by atoms with E-state index in [-0.39, 0.29) is 11.8 Å². The van der Waals surface area contributed by atoms with Crippen molar-refractivity contribution in [1.29, 1.82) is 0 Å². The molecule has 0 saturated heterocycles. The third-order valence-electron chi connectivity index (χ3n) is 6.62. The summed E-state index contributed by atoms with van der Waals surface area (Å²) in [6, 6.07) is 23.4. The molecule has 2 heterocycles. The second-order valence-corrected chi connectivity index (χ2v) is 10.2. The first-order chi connectivity index (χ1) is 18.9. The van der Waals surface area contributed by atoms with Gasteiger partial charge in [-0.25, -0.2) is 4.79 Å². The predicted octanol–water partition coefficient (Wildman–Crippen LogP) is 6.62. The molecule has 0 atom stereocenters. The van der Waals surface area contributed by atoms with Gasteiger partial charge in [0.05, 0.1) is 21.8 Å². The number of thiophene rings is 1. The maximum Gasteiger partial charge on any atom is 0.366 e. The van der Waals surface area contributed by atoms with Crippen molar-refractivity contribution < 1.29 is 19.2 Å². The number of carbonyl (C=O) groups is 3. The Labute approximate surface area is 230 Å². The van der Waals surface area contributed by atoms with Gasteiger partial charge in [-0.3, -0.25) is 9.59 Å². The van der Waals surface area contributed by atoms with Crippen LogP contribution in [0.15, 0.2) is 89.4 Å². The van der Waals surface area contributed by atoms with E-state index in [4.69, 9.17) is 4.84 Å². The molecule has 0 spiro atoms. The number of nitrogens with one attached hydrogen (secondary N) is 1. The molecule has 1 N–H and O–H groups in total. The standard InChI is InChI=1S/C31H27N3O4S/c1-20-8-3-5-10-24(20)29(35)32-23-15-13-22(14-16-23)30(36)34-18-7-12-26(28-27(34)17-19-39-28)33-38-31(37)25-11-6-4-9-21(25)2/h3-6,8-11,13-17,19H,7,12,18H2,1-2H3,(H,32,35)/b33-26-. The van der Waals surface area contributed by atoms with Gasteiger partial charge in [-0.05, 0) is 85.7 Å². The van der Waals surface area contributed by atoms with E-state index in [0.29, 0.717) is 47.5 Å². The molecule has 1 aliphatic rings. The SMILES string of the molecule is Cc1ccccc1C(=O)Nc1ccc(C(=O)N2CCC/C(=N/OC(=O)c3ccccc3C)c3sccc32)cc1. The third kappa shape index (κ3) is 5.66. The molecular formula is C31H27N3O4S. The normalized spacial score (nSPS) is 13.9. The van der Waals surface area contributed by atoms with Crippen molar-refractivity contribution in [3.8, 4) is 0 Å². The van der Waals surface area contributed by atoms with Crippen molar-refractivity contribution in [2.75, 3.05) is 16.8 Å². The number of amides is 2. The van der Waals surface area contributed by atoms with Crippen LogP contribution in [0.2, 0.25) is 0 Å². The highest BCUT2D eigenvalue weighted by Gasteiger charge is 2.27. The summed E-state index contributed by atoms with van der Waals surface area (Å²) in [5.41, 5.74) is 5.28. The second kappa shape index (κ2) is 11.4. The molecule has 196 valence electrons. The third-order valence-corrected chi connectivity index (χ3v) is 7.57. The fourth-order valence-corrected chi connectivity index (χ4v) is 5.40. The molecule has 7 nitrogen and oxygen atoms in total. The molecule has 0 saturated carbocycles. The molecule has 0 unspecified atom stereocenters. The summed E-state index contributed by atoms with van der Waals surface area (Å²) < 4.78 is 0. The van der Waals surface area contributed by atoms with Crippen molar-refractivity contribution in [2.45, 2.75) is 26.7 Å². The number of benzene rings is 3. The van der Waals surface area contributed by atoms with Crippen LogP contribution in [0.25, 0.3) is 0 Å². The number of carbonyl (C=O) groups excluding carboxylic acids is 3. The molecule has 1 aromatic heterocycles. The highest BCUT2D eigenvalue weighted by atomic mass is 32.1. The Kier molecular flexibility index (Phi) is 7.65. The van der Waals surface area contributed by atoms with Crippen LogP contribution in [0, 0.1) is 13.8 Å². The zero-order valence-electron chi connectivity index (χ0n) is 21.6. The van der Waals surface area contributed by atoms with Crippen molar-refractivity contribution in [2.24, 2.45) is 5.16 Å². The van der Waals surface area contributed by atoms with Crippen LogP contribution in [-0.4, -0.2) is 30.0 Å². The lowest BCUT2D eigenvalue weighted by Gasteiger charge is -2.21. The average Bonchev–Trinajstić information content (AvgIpc) is 3.35. The predicted molar refractivity (Wildman–Crippen MR) is 154 cm³/mol. The van der Waals surface area contributed by atoms with Gasteiger partial charge in [0, 0.05) is 23.4 Å². The molecule has 0 bridgehead atoms. The van der Waals surface area contributed by atoms with Crippen LogP contribution in [0.3, 0.4) is 0 Å². The van der Waals surface area contributed by atoms with Crippen LogP contribution in [0.5, 0.6) is 0 Å². The number of hydrogen-bond acceptors (Lipinski definition) is 6. The molecule has 5 rings (SSSR count). The van der Waals surface area contributed by atoms with Gasteiger partial charge >= 0.3 is 5.97 Å². The molecule has 0 fully saturated rings. The van der Waals surface area contributed by atoms with Gasteiger partial charge in [-0.15, -0.1) is 11.3 Å². The fourth-order valence-electron chi connectivity index (χ4n) is 4.49. The van der Waals surface area contributed by atoms with Crippen molar-refractivity contribution in [3.63, 3.8) is 0 Å². The smallest absolute Gasteiger partial charge is 0.322 e. The molecule has 8 heteroatoms. The lowest BCUT2D eigenvalue weighted by Crippen LogP contribution is -2.31. The van der Waals surface area contributed by atoms with Gasteiger partial charge in [0.1, 0.15) is 0 Å². The Morgan fingerprint density at radius 2 is 1.54 bits per heavy atom. The summed E-state index contributed by atoms with van der Waals surface area (Å²) >= 11 is 1.46. The molecule has 39 heavy (non-hydrogen) atoms. The monoisotopic (exact) mass is 537 g/mol. The zero-order chi connectivity index (χ0) is 27.4. The molecule has 4 aromatic rings. The van der Waals surface area contributed by atoms with E-state index >= 15 is 0 Å². The van der Waals surface area contributed by atoms with Crippen LogP contribution in [0.4, 0.5) is 11.4 Å². The molecular weight excluding hydrogens is 510 g/mol. The number of rotatable bonds is 5. The van der Waals surface area contributed by atoms with Crippen LogP contribution >= 0.6 is 11.3 Å². The number of oxime groups is 1. The van der Waals surface area contributed by atoms with E-state index < -0.39 is 5.97 Å². The highest BCUT2D eigenvalue weighted by Crippen LogP contribution is 2.33. The summed E-state index contributed by atoms with van der Waals surface area (Å²) in [5, 5.41) is 9.00. The summed E-state index contributed by atoms with van der Waals surface area (Å²) in [5.74, 6) is -0.854. The Morgan fingerprint density at radius 3 is 2.23 bits per heavy atom. The van der Waals surface area contributed by atoms with Crippen LogP contribution in [0.1, 0.15) is 59.9 Å². The lowest BCUT2D eigenvalue weighted by molar-refractivity contribution is 0.0514.